The van der Waals surface area contributed by atoms with E-state index in [1.54, 1.807) is 24.3 Å². The van der Waals surface area contributed by atoms with Crippen molar-refractivity contribution in [1.29, 1.82) is 0 Å². The molecule has 0 aromatic heterocycles. The summed E-state index contributed by atoms with van der Waals surface area (Å²) in [6.07, 6.45) is -4.62. The SMILES string of the molecule is O=[N+]([O-])c1cc(C(F)(F)F)ccc1Sc1ccc(Cl)cc1. The van der Waals surface area contributed by atoms with E-state index in [9.17, 15) is 23.3 Å². The lowest BCUT2D eigenvalue weighted by Gasteiger charge is -2.08. The van der Waals surface area contributed by atoms with Crippen molar-refractivity contribution in [2.45, 2.75) is 16.0 Å². The van der Waals surface area contributed by atoms with Crippen LogP contribution in [0.2, 0.25) is 5.02 Å². The Morgan fingerprint density at radius 3 is 2.24 bits per heavy atom. The first-order valence-electron chi connectivity index (χ1n) is 5.56. The molecule has 0 aliphatic carbocycles. The fourth-order valence-electron chi connectivity index (χ4n) is 1.55. The third-order valence-electron chi connectivity index (χ3n) is 2.52. The van der Waals surface area contributed by atoms with Crippen LogP contribution in [-0.4, -0.2) is 4.92 Å². The van der Waals surface area contributed by atoms with Crippen LogP contribution in [0.3, 0.4) is 0 Å². The van der Waals surface area contributed by atoms with Crippen molar-refractivity contribution in [3.8, 4) is 0 Å². The predicted molar refractivity (Wildman–Crippen MR) is 73.7 cm³/mol. The van der Waals surface area contributed by atoms with Crippen LogP contribution >= 0.6 is 23.4 Å². The Balaban J connectivity index is 2.39. The molecule has 0 saturated heterocycles. The van der Waals surface area contributed by atoms with E-state index in [2.05, 4.69) is 0 Å². The molecule has 0 radical (unpaired) electrons. The van der Waals surface area contributed by atoms with Gasteiger partial charge in [-0.15, -0.1) is 0 Å². The Hall–Kier alpha value is -1.73. The molecule has 0 N–H and O–H groups in total. The van der Waals surface area contributed by atoms with Gasteiger partial charge in [-0.2, -0.15) is 13.2 Å². The quantitative estimate of drug-likeness (QED) is 0.556. The number of halogens is 4. The molecule has 0 atom stereocenters. The van der Waals surface area contributed by atoms with Crippen LogP contribution in [-0.2, 0) is 6.18 Å². The van der Waals surface area contributed by atoms with Crippen LogP contribution in [0.25, 0.3) is 0 Å². The topological polar surface area (TPSA) is 43.1 Å². The lowest BCUT2D eigenvalue weighted by molar-refractivity contribution is -0.388. The van der Waals surface area contributed by atoms with Gasteiger partial charge in [0.25, 0.3) is 5.69 Å². The number of nitrogens with zero attached hydrogens (tertiary/aromatic N) is 1. The molecule has 0 heterocycles. The first-order valence-corrected chi connectivity index (χ1v) is 6.76. The Labute approximate surface area is 126 Å². The van der Waals surface area contributed by atoms with Gasteiger partial charge in [0, 0.05) is 16.0 Å². The van der Waals surface area contributed by atoms with Gasteiger partial charge in [0.05, 0.1) is 15.4 Å². The Morgan fingerprint density at radius 1 is 1.10 bits per heavy atom. The van der Waals surface area contributed by atoms with E-state index < -0.39 is 22.4 Å². The molecule has 110 valence electrons. The highest BCUT2D eigenvalue weighted by atomic mass is 35.5. The largest absolute Gasteiger partial charge is 0.416 e. The van der Waals surface area contributed by atoms with Crippen molar-refractivity contribution in [1.82, 2.24) is 0 Å². The lowest BCUT2D eigenvalue weighted by Crippen LogP contribution is -2.05. The molecular weight excluding hydrogens is 327 g/mol. The van der Waals surface area contributed by atoms with Gasteiger partial charge < -0.3 is 0 Å². The minimum atomic E-state index is -4.62. The Bertz CT molecular complexity index is 674. The molecule has 8 heteroatoms. The van der Waals surface area contributed by atoms with Crippen LogP contribution in [0, 0.1) is 10.1 Å². The molecule has 3 nitrogen and oxygen atoms in total. The number of rotatable bonds is 3. The number of nitro benzene ring substituents is 1. The van der Waals surface area contributed by atoms with Crippen LogP contribution in [0.1, 0.15) is 5.56 Å². The number of hydrogen-bond donors (Lipinski definition) is 0. The molecule has 21 heavy (non-hydrogen) atoms. The highest BCUT2D eigenvalue weighted by molar-refractivity contribution is 7.99. The summed E-state index contributed by atoms with van der Waals surface area (Å²) in [5, 5.41) is 11.5. The molecule has 2 rings (SSSR count). The van der Waals surface area contributed by atoms with Crippen molar-refractivity contribution >= 4 is 29.1 Å². The maximum absolute atomic E-state index is 12.6. The Kier molecular flexibility index (Phi) is 4.43. The van der Waals surface area contributed by atoms with Crippen molar-refractivity contribution in [2.24, 2.45) is 0 Å². The number of benzene rings is 2. The van der Waals surface area contributed by atoms with Crippen molar-refractivity contribution in [3.63, 3.8) is 0 Å². The van der Waals surface area contributed by atoms with Crippen LogP contribution < -0.4 is 0 Å². The summed E-state index contributed by atoms with van der Waals surface area (Å²) in [7, 11) is 0. The van der Waals surface area contributed by atoms with Gasteiger partial charge in [0.2, 0.25) is 0 Å². The lowest BCUT2D eigenvalue weighted by atomic mass is 10.2. The van der Waals surface area contributed by atoms with Crippen LogP contribution in [0.15, 0.2) is 52.3 Å². The first kappa shape index (κ1) is 15.7. The molecule has 0 fully saturated rings. The second-order valence-electron chi connectivity index (χ2n) is 3.99. The standard InChI is InChI=1S/C13H7ClF3NO2S/c14-9-2-4-10(5-3-9)21-12-6-1-8(13(15,16)17)7-11(12)18(19)20/h1-7H. The predicted octanol–water partition coefficient (Wildman–Crippen LogP) is 5.42. The zero-order valence-corrected chi connectivity index (χ0v) is 11.8. The monoisotopic (exact) mass is 333 g/mol. The summed E-state index contributed by atoms with van der Waals surface area (Å²) in [6.45, 7) is 0. The van der Waals surface area contributed by atoms with Gasteiger partial charge in [-0.1, -0.05) is 23.4 Å². The molecule has 2 aromatic rings. The summed E-state index contributed by atoms with van der Waals surface area (Å²) in [5.74, 6) is 0. The van der Waals surface area contributed by atoms with Gasteiger partial charge in [-0.25, -0.2) is 0 Å². The average Bonchev–Trinajstić information content (AvgIpc) is 2.40. The van der Waals surface area contributed by atoms with Crippen LogP contribution in [0.4, 0.5) is 18.9 Å². The van der Waals surface area contributed by atoms with Gasteiger partial charge in [-0.3, -0.25) is 10.1 Å². The fourth-order valence-corrected chi connectivity index (χ4v) is 2.58. The molecule has 0 aliphatic heterocycles. The third-order valence-corrected chi connectivity index (χ3v) is 3.85. The second kappa shape index (κ2) is 5.95. The second-order valence-corrected chi connectivity index (χ2v) is 5.55. The smallest absolute Gasteiger partial charge is 0.258 e. The molecule has 0 aliphatic rings. The van der Waals surface area contributed by atoms with E-state index in [-0.39, 0.29) is 4.90 Å². The number of hydrogen-bond acceptors (Lipinski definition) is 3. The van der Waals surface area contributed by atoms with E-state index >= 15 is 0 Å². The minimum absolute atomic E-state index is 0.135. The molecule has 0 amide bonds. The van der Waals surface area contributed by atoms with Gasteiger partial charge in [0.15, 0.2) is 0 Å². The van der Waals surface area contributed by atoms with Gasteiger partial charge >= 0.3 is 6.18 Å². The maximum Gasteiger partial charge on any atom is 0.416 e. The van der Waals surface area contributed by atoms with E-state index in [0.717, 1.165) is 23.9 Å². The van der Waals surface area contributed by atoms with Crippen molar-refractivity contribution in [2.75, 3.05) is 0 Å². The highest BCUT2D eigenvalue weighted by Crippen LogP contribution is 2.39. The first-order chi connectivity index (χ1) is 9.77. The summed E-state index contributed by atoms with van der Waals surface area (Å²) in [6, 6.07) is 8.92. The fraction of sp³-hybridized carbons (Fsp3) is 0.0769. The molecule has 0 bridgehead atoms. The molecule has 0 spiro atoms. The summed E-state index contributed by atoms with van der Waals surface area (Å²) in [4.78, 5) is 10.9. The maximum atomic E-state index is 12.6. The van der Waals surface area contributed by atoms with Crippen molar-refractivity contribution < 1.29 is 18.1 Å². The summed E-state index contributed by atoms with van der Waals surface area (Å²) >= 11 is 6.73. The molecule has 2 aromatic carbocycles. The average molecular weight is 334 g/mol. The van der Waals surface area contributed by atoms with Gasteiger partial charge in [0.1, 0.15) is 0 Å². The zero-order valence-electron chi connectivity index (χ0n) is 10.2. The summed E-state index contributed by atoms with van der Waals surface area (Å²) in [5.41, 5.74) is -1.63. The van der Waals surface area contributed by atoms with Gasteiger partial charge in [-0.05, 0) is 36.4 Å². The highest BCUT2D eigenvalue weighted by Gasteiger charge is 2.33. The number of alkyl halides is 3. The molecule has 0 unspecified atom stereocenters. The van der Waals surface area contributed by atoms with E-state index in [4.69, 9.17) is 11.6 Å². The molecule has 0 saturated carbocycles. The zero-order chi connectivity index (χ0) is 15.6. The van der Waals surface area contributed by atoms with E-state index in [1.807, 2.05) is 0 Å². The Morgan fingerprint density at radius 2 is 1.71 bits per heavy atom. The third kappa shape index (κ3) is 3.89. The number of nitro groups is 1. The molecular formula is C13H7ClF3NO2S. The summed E-state index contributed by atoms with van der Waals surface area (Å²) < 4.78 is 37.8. The van der Waals surface area contributed by atoms with Crippen molar-refractivity contribution in [3.05, 3.63) is 63.2 Å². The van der Waals surface area contributed by atoms with E-state index in [1.165, 1.54) is 0 Å². The van der Waals surface area contributed by atoms with Crippen LogP contribution in [0.5, 0.6) is 0 Å². The van der Waals surface area contributed by atoms with E-state index in [0.29, 0.717) is 16.0 Å². The minimum Gasteiger partial charge on any atom is -0.258 e. The normalized spacial score (nSPS) is 11.4.